The Morgan fingerprint density at radius 1 is 1.50 bits per heavy atom. The average Bonchev–Trinajstić information content (AvgIpc) is 1.95. The molecule has 0 unspecified atom stereocenters. The molecule has 0 aliphatic heterocycles. The SMILES string of the molecule is CC(=CCCCP(=O)(O)O)C(=O)[O-].[K+]. The van der Waals surface area contributed by atoms with Crippen LogP contribution in [0.3, 0.4) is 0 Å². The van der Waals surface area contributed by atoms with Gasteiger partial charge in [0.2, 0.25) is 0 Å². The number of carbonyl (C=O) groups is 1. The summed E-state index contributed by atoms with van der Waals surface area (Å²) in [7, 11) is -3.94. The van der Waals surface area contributed by atoms with E-state index in [-0.39, 0.29) is 69.5 Å². The van der Waals surface area contributed by atoms with E-state index in [1.807, 2.05) is 0 Å². The second-order valence-electron chi connectivity index (χ2n) is 2.71. The van der Waals surface area contributed by atoms with Crippen molar-refractivity contribution in [2.75, 3.05) is 6.16 Å². The van der Waals surface area contributed by atoms with Gasteiger partial charge in [0.25, 0.3) is 0 Å². The number of carbonyl (C=O) groups excluding carboxylic acids is 1. The number of carboxylic acids is 1. The van der Waals surface area contributed by atoms with Crippen LogP contribution in [0.4, 0.5) is 0 Å². The maximum absolute atomic E-state index is 10.4. The summed E-state index contributed by atoms with van der Waals surface area (Å²) < 4.78 is 10.4. The minimum absolute atomic E-state index is 0. The summed E-state index contributed by atoms with van der Waals surface area (Å²) >= 11 is 0. The van der Waals surface area contributed by atoms with Crippen LogP contribution in [0.1, 0.15) is 19.8 Å². The molecule has 0 saturated carbocycles. The van der Waals surface area contributed by atoms with Gasteiger partial charge in [-0.2, -0.15) is 0 Å². The molecule has 7 heteroatoms. The molecule has 0 aromatic rings. The average molecular weight is 246 g/mol. The van der Waals surface area contributed by atoms with Crippen LogP contribution in [0.2, 0.25) is 0 Å². The van der Waals surface area contributed by atoms with E-state index in [1.54, 1.807) is 0 Å². The van der Waals surface area contributed by atoms with Crippen molar-refractivity contribution in [2.24, 2.45) is 0 Å². The second kappa shape index (κ2) is 8.18. The van der Waals surface area contributed by atoms with Gasteiger partial charge in [-0.05, 0) is 25.3 Å². The van der Waals surface area contributed by atoms with E-state index in [0.717, 1.165) is 0 Å². The number of allylic oxidation sites excluding steroid dienone is 1. The fourth-order valence-corrected chi connectivity index (χ4v) is 1.29. The zero-order valence-corrected chi connectivity index (χ0v) is 12.3. The molecule has 0 aromatic heterocycles. The van der Waals surface area contributed by atoms with Crippen LogP contribution < -0.4 is 56.5 Å². The molecular weight excluding hydrogens is 234 g/mol. The molecule has 5 nitrogen and oxygen atoms in total. The molecule has 0 aromatic carbocycles. The molecule has 0 amide bonds. The first-order valence-electron chi connectivity index (χ1n) is 3.75. The van der Waals surface area contributed by atoms with Crippen molar-refractivity contribution in [2.45, 2.75) is 19.8 Å². The van der Waals surface area contributed by atoms with Gasteiger partial charge in [0.1, 0.15) is 0 Å². The summed E-state index contributed by atoms with van der Waals surface area (Å²) in [5.74, 6) is -1.25. The maximum atomic E-state index is 10.4. The van der Waals surface area contributed by atoms with Crippen molar-refractivity contribution in [1.82, 2.24) is 0 Å². The Bertz CT molecular complexity index is 257. The molecule has 0 spiro atoms. The summed E-state index contributed by atoms with van der Waals surface area (Å²) in [5.41, 5.74) is 0.0886. The van der Waals surface area contributed by atoms with Gasteiger partial charge in [0.15, 0.2) is 0 Å². The number of carboxylic acid groups (broad SMARTS) is 1. The summed E-state index contributed by atoms with van der Waals surface area (Å²) in [6.07, 6.45) is 1.79. The van der Waals surface area contributed by atoms with Crippen molar-refractivity contribution in [3.8, 4) is 0 Å². The first-order chi connectivity index (χ1) is 5.83. The third kappa shape index (κ3) is 11.1. The zero-order chi connectivity index (χ0) is 10.5. The normalized spacial score (nSPS) is 12.1. The number of rotatable bonds is 5. The largest absolute Gasteiger partial charge is 1.00 e. The minimum Gasteiger partial charge on any atom is -0.545 e. The zero-order valence-electron chi connectivity index (χ0n) is 8.27. The van der Waals surface area contributed by atoms with Gasteiger partial charge in [-0.25, -0.2) is 0 Å². The van der Waals surface area contributed by atoms with Gasteiger partial charge in [0, 0.05) is 0 Å². The van der Waals surface area contributed by atoms with E-state index in [9.17, 15) is 14.5 Å². The van der Waals surface area contributed by atoms with Crippen LogP contribution in [0.15, 0.2) is 11.6 Å². The van der Waals surface area contributed by atoms with Crippen molar-refractivity contribution in [3.05, 3.63) is 11.6 Å². The monoisotopic (exact) mass is 246 g/mol. The Balaban J connectivity index is 0. The number of aliphatic carboxylic acids is 1. The number of hydrogen-bond acceptors (Lipinski definition) is 3. The molecule has 76 valence electrons. The standard InChI is InChI=1S/C7H13O5P.K/c1-6(7(8)9)4-2-3-5-13(10,11)12;/h4H,2-3,5H2,1H3,(H,8,9)(H2,10,11,12);/q;+1/p-1. The molecule has 0 heterocycles. The Hall–Kier alpha value is 0.996. The number of hydrogen-bond donors (Lipinski definition) is 2. The van der Waals surface area contributed by atoms with Crippen molar-refractivity contribution >= 4 is 13.6 Å². The Kier molecular flexibility index (Phi) is 10.2. The van der Waals surface area contributed by atoms with E-state index < -0.39 is 13.6 Å². The maximum Gasteiger partial charge on any atom is 1.00 e. The molecule has 0 aliphatic rings. The van der Waals surface area contributed by atoms with Crippen molar-refractivity contribution in [3.63, 3.8) is 0 Å². The van der Waals surface area contributed by atoms with Crippen LogP contribution in [0, 0.1) is 0 Å². The minimum atomic E-state index is -3.94. The fraction of sp³-hybridized carbons (Fsp3) is 0.571. The van der Waals surface area contributed by atoms with Gasteiger partial charge in [0.05, 0.1) is 12.1 Å². The van der Waals surface area contributed by atoms with E-state index in [4.69, 9.17) is 9.79 Å². The smallest absolute Gasteiger partial charge is 0.545 e. The molecule has 0 bridgehead atoms. The Morgan fingerprint density at radius 3 is 2.36 bits per heavy atom. The topological polar surface area (TPSA) is 97.7 Å². The Morgan fingerprint density at radius 2 is 2.00 bits per heavy atom. The van der Waals surface area contributed by atoms with Gasteiger partial charge in [-0.15, -0.1) is 0 Å². The molecule has 0 saturated heterocycles. The summed E-state index contributed by atoms with van der Waals surface area (Å²) in [5, 5.41) is 10.2. The summed E-state index contributed by atoms with van der Waals surface area (Å²) in [6, 6.07) is 0. The molecule has 0 aliphatic carbocycles. The van der Waals surface area contributed by atoms with E-state index in [0.29, 0.717) is 6.42 Å². The first-order valence-corrected chi connectivity index (χ1v) is 5.55. The molecule has 0 radical (unpaired) electrons. The van der Waals surface area contributed by atoms with Crippen LogP contribution in [-0.4, -0.2) is 21.9 Å². The molecule has 14 heavy (non-hydrogen) atoms. The van der Waals surface area contributed by atoms with E-state index in [1.165, 1.54) is 13.0 Å². The first kappa shape index (κ1) is 17.4. The summed E-state index contributed by atoms with van der Waals surface area (Å²) in [6.45, 7) is 1.38. The van der Waals surface area contributed by atoms with E-state index in [2.05, 4.69) is 0 Å². The molecular formula is C7H12KO5P. The van der Waals surface area contributed by atoms with Gasteiger partial charge >= 0.3 is 59.0 Å². The van der Waals surface area contributed by atoms with Gasteiger partial charge in [-0.1, -0.05) is 6.08 Å². The predicted molar refractivity (Wildman–Crippen MR) is 44.9 cm³/mol. The molecule has 0 rings (SSSR count). The van der Waals surface area contributed by atoms with E-state index >= 15 is 0 Å². The molecule has 0 atom stereocenters. The van der Waals surface area contributed by atoms with Crippen LogP contribution >= 0.6 is 7.60 Å². The number of unbranched alkanes of at least 4 members (excludes halogenated alkanes) is 1. The second-order valence-corrected chi connectivity index (χ2v) is 4.48. The Labute approximate surface area is 125 Å². The summed E-state index contributed by atoms with van der Waals surface area (Å²) in [4.78, 5) is 27.1. The van der Waals surface area contributed by atoms with Crippen LogP contribution in [-0.2, 0) is 9.36 Å². The van der Waals surface area contributed by atoms with Gasteiger partial charge in [-0.3, -0.25) is 4.57 Å². The van der Waals surface area contributed by atoms with Crippen molar-refractivity contribution < 1.29 is 75.6 Å². The predicted octanol–water partition coefficient (Wildman–Crippen LogP) is -3.36. The quantitative estimate of drug-likeness (QED) is 0.228. The van der Waals surface area contributed by atoms with Crippen LogP contribution in [0.5, 0.6) is 0 Å². The third-order valence-electron chi connectivity index (χ3n) is 1.43. The van der Waals surface area contributed by atoms with Crippen molar-refractivity contribution in [1.29, 1.82) is 0 Å². The van der Waals surface area contributed by atoms with Crippen LogP contribution in [0.25, 0.3) is 0 Å². The molecule has 2 N–H and O–H groups in total. The fourth-order valence-electron chi connectivity index (χ4n) is 0.699. The third-order valence-corrected chi connectivity index (χ3v) is 2.32. The molecule has 0 fully saturated rings. The van der Waals surface area contributed by atoms with Gasteiger partial charge < -0.3 is 19.7 Å².